The van der Waals surface area contributed by atoms with Crippen LogP contribution < -0.4 is 0 Å². The summed E-state index contributed by atoms with van der Waals surface area (Å²) in [6.45, 7) is 8.92. The van der Waals surface area contributed by atoms with Gasteiger partial charge in [0.2, 0.25) is 0 Å². The van der Waals surface area contributed by atoms with Crippen LogP contribution in [-0.2, 0) is 25.6 Å². The number of fused-ring (bicyclic) bond motifs is 3. The summed E-state index contributed by atoms with van der Waals surface area (Å²) in [5.74, 6) is 1.49. The molecule has 4 nitrogen and oxygen atoms in total. The smallest absolute Gasteiger partial charge is 0.120 e. The van der Waals surface area contributed by atoms with Crippen LogP contribution in [0.4, 0.5) is 0 Å². The van der Waals surface area contributed by atoms with Crippen LogP contribution in [0.25, 0.3) is 61.7 Å². The van der Waals surface area contributed by atoms with Gasteiger partial charge in [-0.05, 0) is 60.9 Å². The van der Waals surface area contributed by atoms with Crippen LogP contribution >= 0.6 is 0 Å². The molecule has 4 heterocycles. The van der Waals surface area contributed by atoms with E-state index in [1.165, 1.54) is 16.6 Å². The molecule has 3 aromatic heterocycles. The van der Waals surface area contributed by atoms with Crippen LogP contribution in [0.15, 0.2) is 108 Å². The van der Waals surface area contributed by atoms with E-state index >= 15 is 0 Å². The summed E-state index contributed by atoms with van der Waals surface area (Å²) in [6.07, 6.45) is 6.30. The Hall–Kier alpha value is -4.31. The first-order valence-electron chi connectivity index (χ1n) is 14.4. The van der Waals surface area contributed by atoms with E-state index in [1.54, 1.807) is 6.20 Å². The number of para-hydroxylation sites is 1. The molecule has 43 heavy (non-hydrogen) atoms. The minimum absolute atomic E-state index is 0. The maximum absolute atomic E-state index is 5.97. The number of pyridine rings is 1. The summed E-state index contributed by atoms with van der Waals surface area (Å²) in [6, 6.07) is 37.0. The van der Waals surface area contributed by atoms with Crippen molar-refractivity contribution in [2.45, 2.75) is 39.2 Å². The fraction of sp³-hybridized carbons (Fsp3) is 0.158. The van der Waals surface area contributed by atoms with E-state index in [9.17, 15) is 0 Å². The first-order valence-corrected chi connectivity index (χ1v) is 14.4. The number of rotatable bonds is 3. The molecule has 0 spiro atoms. The molecular weight excluding hydrogens is 707 g/mol. The molecular formula is C38H31IrN3O-2. The zero-order chi connectivity index (χ0) is 28.8. The molecule has 0 saturated carbocycles. The van der Waals surface area contributed by atoms with E-state index in [-0.39, 0.29) is 25.6 Å². The molecule has 0 aliphatic carbocycles. The molecule has 5 heteroatoms. The van der Waals surface area contributed by atoms with Crippen LogP contribution in [0.5, 0.6) is 0 Å². The number of hydrogen-bond acceptors (Lipinski definition) is 3. The van der Waals surface area contributed by atoms with Gasteiger partial charge in [0.05, 0.1) is 28.0 Å². The molecule has 215 valence electrons. The molecule has 1 radical (unpaired) electrons. The normalized spacial score (nSPS) is 13.2. The molecule has 1 aliphatic heterocycles. The van der Waals surface area contributed by atoms with Gasteiger partial charge in [-0.25, -0.2) is 0 Å². The first kappa shape index (κ1) is 28.8. The van der Waals surface area contributed by atoms with E-state index in [2.05, 4.69) is 85.8 Å². The maximum Gasteiger partial charge on any atom is 0.120 e. The van der Waals surface area contributed by atoms with Crippen molar-refractivity contribution in [1.29, 1.82) is 0 Å². The van der Waals surface area contributed by atoms with E-state index in [0.717, 1.165) is 50.1 Å². The number of furan rings is 1. The van der Waals surface area contributed by atoms with Crippen LogP contribution in [-0.4, -0.2) is 14.5 Å². The Kier molecular flexibility index (Phi) is 7.64. The summed E-state index contributed by atoms with van der Waals surface area (Å²) in [5, 5.41) is 2.23. The standard InChI is InChI=1S/C21H21N2.C17H10NO.Ir/c1-14(2)17-12-16-10-11-21(3,4)23-19(16)18(13-17)22-20(23)15-8-6-5-7-9-15;1-2-10-16-12(6-1)13-7-5-8-14(17(13)19-16)15-9-3-4-11-18-15;/h5-8,10-14H,1-4H3;1-7,9-11H;/q2*-1;. The minimum atomic E-state index is -0.0971. The maximum atomic E-state index is 5.97. The molecule has 0 atom stereocenters. The summed E-state index contributed by atoms with van der Waals surface area (Å²) >= 11 is 0. The van der Waals surface area contributed by atoms with Gasteiger partial charge in [0.15, 0.2) is 0 Å². The number of hydrogen-bond donors (Lipinski definition) is 0. The van der Waals surface area contributed by atoms with E-state index in [1.807, 2.05) is 66.7 Å². The average Bonchev–Trinajstić information content (AvgIpc) is 3.60. The molecule has 0 fully saturated rings. The van der Waals surface area contributed by atoms with Crippen LogP contribution in [0.2, 0.25) is 0 Å². The van der Waals surface area contributed by atoms with Crippen molar-refractivity contribution in [3.63, 3.8) is 0 Å². The van der Waals surface area contributed by atoms with Crippen molar-refractivity contribution >= 4 is 39.0 Å². The molecule has 0 amide bonds. The van der Waals surface area contributed by atoms with Gasteiger partial charge >= 0.3 is 0 Å². The third-order valence-electron chi connectivity index (χ3n) is 7.93. The molecule has 1 aliphatic rings. The Labute approximate surface area is 265 Å². The summed E-state index contributed by atoms with van der Waals surface area (Å²) in [7, 11) is 0. The largest absolute Gasteiger partial charge is 0.501 e. The third kappa shape index (κ3) is 5.13. The SMILES string of the molecule is CC(C)c1cc2c3c(c1)nc(-c1[c-]cccc1)n3C(C)(C)C=C2.[Ir].[c-]1ccc2c(oc3ccccc32)c1-c1ccccn1. The number of aromatic nitrogens is 3. The van der Waals surface area contributed by atoms with Gasteiger partial charge in [-0.3, -0.25) is 4.98 Å². The Morgan fingerprint density at radius 3 is 2.44 bits per heavy atom. The van der Waals surface area contributed by atoms with Gasteiger partial charge in [-0.1, -0.05) is 67.3 Å². The van der Waals surface area contributed by atoms with Gasteiger partial charge in [-0.15, -0.1) is 54.1 Å². The molecule has 0 saturated heterocycles. The topological polar surface area (TPSA) is 43.9 Å². The third-order valence-corrected chi connectivity index (χ3v) is 7.93. The molecule has 0 unspecified atom stereocenters. The van der Waals surface area contributed by atoms with E-state index < -0.39 is 0 Å². The average molecular weight is 738 g/mol. The van der Waals surface area contributed by atoms with Crippen molar-refractivity contribution < 1.29 is 24.5 Å². The molecule has 0 N–H and O–H groups in total. The van der Waals surface area contributed by atoms with Gasteiger partial charge in [-0.2, -0.15) is 0 Å². The van der Waals surface area contributed by atoms with Crippen molar-refractivity contribution in [2.75, 3.05) is 0 Å². The van der Waals surface area contributed by atoms with Gasteiger partial charge in [0.25, 0.3) is 0 Å². The first-order chi connectivity index (χ1) is 20.4. The summed E-state index contributed by atoms with van der Waals surface area (Å²) in [4.78, 5) is 9.36. The Morgan fingerprint density at radius 1 is 0.860 bits per heavy atom. The van der Waals surface area contributed by atoms with Gasteiger partial charge in [0, 0.05) is 31.7 Å². The molecule has 0 bridgehead atoms. The number of imidazole rings is 1. The predicted octanol–water partition coefficient (Wildman–Crippen LogP) is 9.83. The van der Waals surface area contributed by atoms with Crippen molar-refractivity contribution in [3.05, 3.63) is 127 Å². The Balaban J connectivity index is 0.000000152. The van der Waals surface area contributed by atoms with E-state index in [0.29, 0.717) is 5.92 Å². The minimum Gasteiger partial charge on any atom is -0.501 e. The molecule has 8 rings (SSSR count). The second-order valence-electron chi connectivity index (χ2n) is 11.6. The number of nitrogens with zero attached hydrogens (tertiary/aromatic N) is 3. The predicted molar refractivity (Wildman–Crippen MR) is 172 cm³/mol. The molecule has 7 aromatic rings. The van der Waals surface area contributed by atoms with Crippen LogP contribution in [0.1, 0.15) is 44.7 Å². The zero-order valence-corrected chi connectivity index (χ0v) is 26.9. The quantitative estimate of drug-likeness (QED) is 0.170. The Bertz CT molecular complexity index is 2090. The molecule has 4 aromatic carbocycles. The number of benzene rings is 4. The fourth-order valence-corrected chi connectivity index (χ4v) is 5.76. The van der Waals surface area contributed by atoms with E-state index in [4.69, 9.17) is 9.40 Å². The van der Waals surface area contributed by atoms with Crippen LogP contribution in [0, 0.1) is 12.1 Å². The van der Waals surface area contributed by atoms with Gasteiger partial charge in [0.1, 0.15) is 5.58 Å². The zero-order valence-electron chi connectivity index (χ0n) is 24.6. The number of allylic oxidation sites excluding steroid dienone is 1. The summed E-state index contributed by atoms with van der Waals surface area (Å²) in [5.41, 5.74) is 9.40. The van der Waals surface area contributed by atoms with Crippen molar-refractivity contribution in [1.82, 2.24) is 14.5 Å². The Morgan fingerprint density at radius 2 is 1.67 bits per heavy atom. The van der Waals surface area contributed by atoms with Crippen LogP contribution in [0.3, 0.4) is 0 Å². The summed E-state index contributed by atoms with van der Waals surface area (Å²) < 4.78 is 8.32. The monoisotopic (exact) mass is 738 g/mol. The van der Waals surface area contributed by atoms with Crippen molar-refractivity contribution in [3.8, 4) is 22.6 Å². The fourth-order valence-electron chi connectivity index (χ4n) is 5.76. The second-order valence-corrected chi connectivity index (χ2v) is 11.6. The van der Waals surface area contributed by atoms with Gasteiger partial charge < -0.3 is 14.0 Å². The second kappa shape index (κ2) is 11.4. The van der Waals surface area contributed by atoms with Crippen molar-refractivity contribution in [2.24, 2.45) is 0 Å².